The average molecular weight is 298 g/mol. The predicted octanol–water partition coefficient (Wildman–Crippen LogP) is -0.488. The van der Waals surface area contributed by atoms with Crippen LogP contribution in [0, 0.1) is 0 Å². The molecule has 0 spiro atoms. The fraction of sp³-hybridized carbons (Fsp3) is 0.692. The molecule has 116 valence electrons. The number of hydrogen-bond donors (Lipinski definition) is 0. The molecular formula is C13H18N2O6. The monoisotopic (exact) mass is 298 g/mol. The third kappa shape index (κ3) is 2.90. The van der Waals surface area contributed by atoms with Crippen molar-refractivity contribution in [2.45, 2.75) is 25.9 Å². The molecule has 1 amide bonds. The number of ketones is 1. The molecule has 0 aromatic heterocycles. The van der Waals surface area contributed by atoms with Crippen LogP contribution in [0.5, 0.6) is 0 Å². The first-order valence-corrected chi connectivity index (χ1v) is 6.81. The van der Waals surface area contributed by atoms with Crippen LogP contribution in [0.2, 0.25) is 0 Å². The van der Waals surface area contributed by atoms with Gasteiger partial charge < -0.3 is 19.2 Å². The Morgan fingerprint density at radius 3 is 2.57 bits per heavy atom. The fourth-order valence-corrected chi connectivity index (χ4v) is 2.23. The third-order valence-electron chi connectivity index (χ3n) is 3.45. The van der Waals surface area contributed by atoms with Crippen molar-refractivity contribution in [1.29, 1.82) is 0 Å². The molecule has 0 aliphatic carbocycles. The molecule has 8 nitrogen and oxygen atoms in total. The van der Waals surface area contributed by atoms with Crippen LogP contribution < -0.4 is 0 Å². The first-order chi connectivity index (χ1) is 10.0. The number of morpholine rings is 1. The second-order valence-corrected chi connectivity index (χ2v) is 4.81. The number of amides is 1. The van der Waals surface area contributed by atoms with Crippen molar-refractivity contribution in [1.82, 2.24) is 4.90 Å². The summed E-state index contributed by atoms with van der Waals surface area (Å²) in [6, 6.07) is 0. The van der Waals surface area contributed by atoms with Crippen LogP contribution in [0.15, 0.2) is 5.16 Å². The van der Waals surface area contributed by atoms with Crippen molar-refractivity contribution in [2.75, 3.05) is 32.9 Å². The third-order valence-corrected chi connectivity index (χ3v) is 3.45. The van der Waals surface area contributed by atoms with E-state index in [0.29, 0.717) is 26.3 Å². The molecule has 0 aromatic rings. The zero-order valence-corrected chi connectivity index (χ0v) is 12.1. The number of oxime groups is 1. The Kier molecular flexibility index (Phi) is 4.56. The van der Waals surface area contributed by atoms with E-state index in [4.69, 9.17) is 14.3 Å². The molecule has 2 aliphatic heterocycles. The van der Waals surface area contributed by atoms with Crippen molar-refractivity contribution in [3.8, 4) is 0 Å². The summed E-state index contributed by atoms with van der Waals surface area (Å²) in [5.74, 6) is -1.64. The van der Waals surface area contributed by atoms with Crippen molar-refractivity contribution in [2.24, 2.45) is 5.16 Å². The molecule has 1 atom stereocenters. The second-order valence-electron chi connectivity index (χ2n) is 4.81. The molecule has 2 heterocycles. The van der Waals surface area contributed by atoms with Crippen LogP contribution in [0.3, 0.4) is 0 Å². The van der Waals surface area contributed by atoms with E-state index in [1.807, 2.05) is 0 Å². The number of esters is 1. The maximum absolute atomic E-state index is 12.6. The highest BCUT2D eigenvalue weighted by atomic mass is 16.7. The zero-order chi connectivity index (χ0) is 15.5. The zero-order valence-electron chi connectivity index (χ0n) is 12.1. The van der Waals surface area contributed by atoms with Crippen LogP contribution in [-0.2, 0) is 28.7 Å². The highest BCUT2D eigenvalue weighted by molar-refractivity contribution is 6.38. The number of carbonyl (C=O) groups excluding carboxylic acids is 3. The van der Waals surface area contributed by atoms with Gasteiger partial charge in [0.25, 0.3) is 11.5 Å². The minimum atomic E-state index is -1.75. The summed E-state index contributed by atoms with van der Waals surface area (Å²) < 4.78 is 9.99. The maximum atomic E-state index is 12.6. The summed E-state index contributed by atoms with van der Waals surface area (Å²) in [6.45, 7) is 4.67. The molecule has 2 aliphatic rings. The topological polar surface area (TPSA) is 94.5 Å². The summed E-state index contributed by atoms with van der Waals surface area (Å²) >= 11 is 0. The van der Waals surface area contributed by atoms with Crippen molar-refractivity contribution in [3.63, 3.8) is 0 Å². The quantitative estimate of drug-likeness (QED) is 0.513. The van der Waals surface area contributed by atoms with Gasteiger partial charge in [0, 0.05) is 13.1 Å². The summed E-state index contributed by atoms with van der Waals surface area (Å²) in [5, 5.41) is 3.59. The Morgan fingerprint density at radius 1 is 1.33 bits per heavy atom. The van der Waals surface area contributed by atoms with Gasteiger partial charge in [-0.2, -0.15) is 0 Å². The lowest BCUT2D eigenvalue weighted by molar-refractivity contribution is -0.165. The Balaban J connectivity index is 2.14. The fourth-order valence-electron chi connectivity index (χ4n) is 2.23. The number of Topliss-reactive ketones (excluding diaryl/α,β-unsaturated/α-hetero) is 1. The SMILES string of the molecule is CCOC(=O)C1=NOC(C(C)=O)(C(=O)N2CCOCC2)C1. The Labute approximate surface area is 122 Å². The number of rotatable bonds is 4. The van der Waals surface area contributed by atoms with E-state index in [2.05, 4.69) is 5.16 Å². The Bertz CT molecular complexity index is 483. The van der Waals surface area contributed by atoms with Gasteiger partial charge in [-0.3, -0.25) is 9.59 Å². The first-order valence-electron chi connectivity index (χ1n) is 6.81. The van der Waals surface area contributed by atoms with E-state index in [9.17, 15) is 14.4 Å². The van der Waals surface area contributed by atoms with Crippen LogP contribution in [-0.4, -0.2) is 66.8 Å². The van der Waals surface area contributed by atoms with E-state index < -0.39 is 23.3 Å². The van der Waals surface area contributed by atoms with Crippen molar-refractivity contribution >= 4 is 23.4 Å². The van der Waals surface area contributed by atoms with E-state index >= 15 is 0 Å². The summed E-state index contributed by atoms with van der Waals surface area (Å²) in [7, 11) is 0. The molecular weight excluding hydrogens is 280 g/mol. The standard InChI is InChI=1S/C13H18N2O6/c1-3-20-11(17)10-8-13(9(2)16,21-14-10)12(18)15-4-6-19-7-5-15/h3-8H2,1-2H3. The van der Waals surface area contributed by atoms with Gasteiger partial charge in [0.15, 0.2) is 11.5 Å². The lowest BCUT2D eigenvalue weighted by atomic mass is 9.91. The maximum Gasteiger partial charge on any atom is 0.356 e. The molecule has 1 saturated heterocycles. The minimum Gasteiger partial charge on any atom is -0.461 e. The highest BCUT2D eigenvalue weighted by Crippen LogP contribution is 2.28. The summed E-state index contributed by atoms with van der Waals surface area (Å²) in [4.78, 5) is 42.8. The predicted molar refractivity (Wildman–Crippen MR) is 70.6 cm³/mol. The van der Waals surface area contributed by atoms with Crippen LogP contribution in [0.1, 0.15) is 20.3 Å². The molecule has 21 heavy (non-hydrogen) atoms. The molecule has 8 heteroatoms. The second kappa shape index (κ2) is 6.21. The van der Waals surface area contributed by atoms with E-state index in [-0.39, 0.29) is 18.7 Å². The largest absolute Gasteiger partial charge is 0.461 e. The first kappa shape index (κ1) is 15.4. The lowest BCUT2D eigenvalue weighted by Gasteiger charge is -2.32. The molecule has 1 fully saturated rings. The number of ether oxygens (including phenoxy) is 2. The van der Waals surface area contributed by atoms with Gasteiger partial charge in [0.2, 0.25) is 0 Å². The van der Waals surface area contributed by atoms with Crippen molar-refractivity contribution in [3.05, 3.63) is 0 Å². The molecule has 0 aromatic carbocycles. The number of hydrogen-bond acceptors (Lipinski definition) is 7. The average Bonchev–Trinajstić information content (AvgIpc) is 2.94. The molecule has 0 bridgehead atoms. The van der Waals surface area contributed by atoms with Gasteiger partial charge in [-0.1, -0.05) is 5.16 Å². The molecule has 1 unspecified atom stereocenters. The van der Waals surface area contributed by atoms with Gasteiger partial charge in [0.1, 0.15) is 0 Å². The van der Waals surface area contributed by atoms with Crippen LogP contribution in [0.25, 0.3) is 0 Å². The molecule has 0 saturated carbocycles. The Hall–Kier alpha value is -1.96. The molecule has 2 rings (SSSR count). The van der Waals surface area contributed by atoms with Gasteiger partial charge in [-0.25, -0.2) is 4.79 Å². The smallest absolute Gasteiger partial charge is 0.356 e. The van der Waals surface area contributed by atoms with Gasteiger partial charge in [-0.05, 0) is 13.8 Å². The normalized spacial score (nSPS) is 25.0. The van der Waals surface area contributed by atoms with Gasteiger partial charge in [-0.15, -0.1) is 0 Å². The van der Waals surface area contributed by atoms with Gasteiger partial charge >= 0.3 is 5.97 Å². The van der Waals surface area contributed by atoms with Crippen molar-refractivity contribution < 1.29 is 28.7 Å². The van der Waals surface area contributed by atoms with Gasteiger partial charge in [0.05, 0.1) is 26.2 Å². The van der Waals surface area contributed by atoms with E-state index in [1.54, 1.807) is 6.92 Å². The summed E-state index contributed by atoms with van der Waals surface area (Å²) in [6.07, 6.45) is -0.197. The lowest BCUT2D eigenvalue weighted by Crippen LogP contribution is -2.56. The number of nitrogens with zero attached hydrogens (tertiary/aromatic N) is 2. The summed E-state index contributed by atoms with van der Waals surface area (Å²) in [5.41, 5.74) is -1.80. The molecule has 0 radical (unpaired) electrons. The molecule has 0 N–H and O–H groups in total. The Morgan fingerprint density at radius 2 is 2.00 bits per heavy atom. The highest BCUT2D eigenvalue weighted by Gasteiger charge is 2.54. The van der Waals surface area contributed by atoms with Crippen LogP contribution in [0.4, 0.5) is 0 Å². The van der Waals surface area contributed by atoms with E-state index in [1.165, 1.54) is 11.8 Å². The van der Waals surface area contributed by atoms with Crippen LogP contribution >= 0.6 is 0 Å². The van der Waals surface area contributed by atoms with E-state index in [0.717, 1.165) is 0 Å². The minimum absolute atomic E-state index is 0.0475. The number of carbonyl (C=O) groups is 3.